The zero-order valence-corrected chi connectivity index (χ0v) is 13.9. The monoisotopic (exact) mass is 307 g/mol. The van der Waals surface area contributed by atoms with Gasteiger partial charge < -0.3 is 14.6 Å². The summed E-state index contributed by atoms with van der Waals surface area (Å²) in [6, 6.07) is 1.67. The van der Waals surface area contributed by atoms with E-state index in [0.29, 0.717) is 11.7 Å². The summed E-state index contributed by atoms with van der Waals surface area (Å²) in [5.41, 5.74) is -0.160. The number of amides is 2. The van der Waals surface area contributed by atoms with Crippen LogP contribution in [0.4, 0.5) is 10.6 Å². The second-order valence-corrected chi connectivity index (χ2v) is 7.97. The van der Waals surface area contributed by atoms with E-state index in [1.165, 1.54) is 0 Å². The van der Waals surface area contributed by atoms with Crippen molar-refractivity contribution in [2.24, 2.45) is 11.3 Å². The third-order valence-corrected chi connectivity index (χ3v) is 4.88. The first-order valence-electron chi connectivity index (χ1n) is 7.86. The third kappa shape index (κ3) is 2.49. The van der Waals surface area contributed by atoms with Crippen LogP contribution in [0.5, 0.6) is 0 Å². The van der Waals surface area contributed by atoms with E-state index >= 15 is 0 Å². The maximum absolute atomic E-state index is 12.2. The summed E-state index contributed by atoms with van der Waals surface area (Å²) < 4.78 is 11.0. The van der Waals surface area contributed by atoms with Crippen molar-refractivity contribution in [3.63, 3.8) is 0 Å². The lowest BCUT2D eigenvalue weighted by molar-refractivity contribution is -0.107. The Kier molecular flexibility index (Phi) is 3.47. The minimum Gasteiger partial charge on any atom is -0.377 e. The molecule has 1 saturated carbocycles. The number of urea groups is 1. The molecule has 2 heterocycles. The van der Waals surface area contributed by atoms with E-state index in [1.807, 2.05) is 20.8 Å². The molecular weight excluding hydrogens is 282 g/mol. The number of anilines is 1. The van der Waals surface area contributed by atoms with Crippen LogP contribution in [0.25, 0.3) is 0 Å². The van der Waals surface area contributed by atoms with Crippen LogP contribution in [0.15, 0.2) is 10.6 Å². The molecule has 0 radical (unpaired) electrons. The molecule has 2 aliphatic rings. The summed E-state index contributed by atoms with van der Waals surface area (Å²) >= 11 is 0. The molecule has 2 fully saturated rings. The Morgan fingerprint density at radius 3 is 2.77 bits per heavy atom. The van der Waals surface area contributed by atoms with Gasteiger partial charge in [-0.25, -0.2) is 4.79 Å². The molecule has 2 N–H and O–H groups in total. The SMILES string of the molecule is CC(C)(C)c1cc(NC(=O)N[C@@H]2[C@@H]3CCO[C@@H]3C2(C)C)no1. The van der Waals surface area contributed by atoms with Gasteiger partial charge >= 0.3 is 6.03 Å². The van der Waals surface area contributed by atoms with Crippen LogP contribution in [-0.2, 0) is 10.2 Å². The number of carbonyl (C=O) groups is 1. The van der Waals surface area contributed by atoms with E-state index in [0.717, 1.165) is 18.8 Å². The first-order valence-corrected chi connectivity index (χ1v) is 7.86. The van der Waals surface area contributed by atoms with Crippen molar-refractivity contribution in [2.45, 2.75) is 58.6 Å². The molecule has 1 aliphatic carbocycles. The smallest absolute Gasteiger partial charge is 0.320 e. The number of hydrogen-bond acceptors (Lipinski definition) is 4. The standard InChI is InChI=1S/C16H25N3O3/c1-15(2,3)10-8-11(19-22-10)17-14(20)18-12-9-6-7-21-13(9)16(12,4)5/h8-9,12-13H,6-7H2,1-5H3,(H2,17,18,19,20)/t9-,12+,13-/m0/s1. The maximum Gasteiger partial charge on any atom is 0.320 e. The lowest BCUT2D eigenvalue weighted by Crippen LogP contribution is -2.67. The molecule has 122 valence electrons. The number of nitrogens with one attached hydrogen (secondary N) is 2. The fraction of sp³-hybridized carbons (Fsp3) is 0.750. The van der Waals surface area contributed by atoms with Gasteiger partial charge in [0.2, 0.25) is 0 Å². The van der Waals surface area contributed by atoms with Crippen molar-refractivity contribution in [3.8, 4) is 0 Å². The van der Waals surface area contributed by atoms with Crippen LogP contribution < -0.4 is 10.6 Å². The minimum absolute atomic E-state index is 0.0289. The Morgan fingerprint density at radius 2 is 2.14 bits per heavy atom. The van der Waals surface area contributed by atoms with E-state index in [9.17, 15) is 4.79 Å². The van der Waals surface area contributed by atoms with Crippen molar-refractivity contribution < 1.29 is 14.1 Å². The van der Waals surface area contributed by atoms with Crippen LogP contribution >= 0.6 is 0 Å². The number of carbonyl (C=O) groups excluding carboxylic acids is 1. The molecule has 1 saturated heterocycles. The molecule has 6 nitrogen and oxygen atoms in total. The number of rotatable bonds is 2. The Bertz CT molecular complexity index is 573. The normalized spacial score (nSPS) is 29.6. The second kappa shape index (κ2) is 4.98. The topological polar surface area (TPSA) is 76.4 Å². The van der Waals surface area contributed by atoms with Crippen molar-refractivity contribution >= 4 is 11.8 Å². The molecule has 0 unspecified atom stereocenters. The van der Waals surface area contributed by atoms with Crippen LogP contribution in [-0.4, -0.2) is 29.9 Å². The highest BCUT2D eigenvalue weighted by Crippen LogP contribution is 2.52. The van der Waals surface area contributed by atoms with Gasteiger partial charge in [-0.1, -0.05) is 39.8 Å². The van der Waals surface area contributed by atoms with Gasteiger partial charge in [-0.05, 0) is 6.42 Å². The lowest BCUT2D eigenvalue weighted by atomic mass is 9.57. The number of aromatic nitrogens is 1. The Labute approximate surface area is 131 Å². The van der Waals surface area contributed by atoms with Gasteiger partial charge in [-0.2, -0.15) is 0 Å². The quantitative estimate of drug-likeness (QED) is 0.881. The van der Waals surface area contributed by atoms with Crippen LogP contribution in [0.1, 0.15) is 46.8 Å². The van der Waals surface area contributed by atoms with E-state index in [4.69, 9.17) is 9.26 Å². The average Bonchev–Trinajstić information content (AvgIpc) is 3.02. The zero-order chi connectivity index (χ0) is 16.1. The highest BCUT2D eigenvalue weighted by Gasteiger charge is 2.59. The van der Waals surface area contributed by atoms with Crippen molar-refractivity contribution in [1.82, 2.24) is 10.5 Å². The van der Waals surface area contributed by atoms with E-state index in [2.05, 4.69) is 29.6 Å². The highest BCUT2D eigenvalue weighted by atomic mass is 16.5. The first-order chi connectivity index (χ1) is 10.2. The van der Waals surface area contributed by atoms with Crippen molar-refractivity contribution in [1.29, 1.82) is 0 Å². The van der Waals surface area contributed by atoms with Crippen molar-refractivity contribution in [2.75, 3.05) is 11.9 Å². The molecule has 1 aromatic heterocycles. The summed E-state index contributed by atoms with van der Waals surface area (Å²) in [7, 11) is 0. The molecular formula is C16H25N3O3. The van der Waals surface area contributed by atoms with Gasteiger partial charge in [-0.15, -0.1) is 0 Å². The predicted molar refractivity (Wildman–Crippen MR) is 82.8 cm³/mol. The minimum atomic E-state index is -0.239. The average molecular weight is 307 g/mol. The summed E-state index contributed by atoms with van der Waals surface area (Å²) in [5.74, 6) is 1.61. The van der Waals surface area contributed by atoms with Gasteiger partial charge in [0.25, 0.3) is 0 Å². The molecule has 22 heavy (non-hydrogen) atoms. The van der Waals surface area contributed by atoms with Crippen LogP contribution in [0.2, 0.25) is 0 Å². The van der Waals surface area contributed by atoms with Crippen LogP contribution in [0, 0.1) is 11.3 Å². The van der Waals surface area contributed by atoms with Gasteiger partial charge in [0.05, 0.1) is 6.10 Å². The summed E-state index contributed by atoms with van der Waals surface area (Å²) in [6.07, 6.45) is 1.27. The van der Waals surface area contributed by atoms with E-state index in [1.54, 1.807) is 6.07 Å². The molecule has 1 aliphatic heterocycles. The molecule has 6 heteroatoms. The maximum atomic E-state index is 12.2. The first kappa shape index (κ1) is 15.3. The Balaban J connectivity index is 1.60. The fourth-order valence-electron chi connectivity index (χ4n) is 3.60. The van der Waals surface area contributed by atoms with E-state index < -0.39 is 0 Å². The zero-order valence-electron chi connectivity index (χ0n) is 13.9. The lowest BCUT2D eigenvalue weighted by Gasteiger charge is -2.54. The van der Waals surface area contributed by atoms with Gasteiger partial charge in [-0.3, -0.25) is 5.32 Å². The largest absolute Gasteiger partial charge is 0.377 e. The molecule has 0 bridgehead atoms. The molecule has 3 atom stereocenters. The molecule has 3 rings (SSSR count). The van der Waals surface area contributed by atoms with Gasteiger partial charge in [0.15, 0.2) is 5.82 Å². The number of ether oxygens (including phenoxy) is 1. The Hall–Kier alpha value is -1.56. The number of nitrogens with zero attached hydrogens (tertiary/aromatic N) is 1. The summed E-state index contributed by atoms with van der Waals surface area (Å²) in [5, 5.41) is 9.72. The summed E-state index contributed by atoms with van der Waals surface area (Å²) in [4.78, 5) is 12.2. The molecule has 0 spiro atoms. The number of hydrogen-bond donors (Lipinski definition) is 2. The van der Waals surface area contributed by atoms with Crippen LogP contribution in [0.3, 0.4) is 0 Å². The predicted octanol–water partition coefficient (Wildman–Crippen LogP) is 2.91. The fourth-order valence-corrected chi connectivity index (χ4v) is 3.60. The molecule has 1 aromatic rings. The van der Waals surface area contributed by atoms with Crippen molar-refractivity contribution in [3.05, 3.63) is 11.8 Å². The Morgan fingerprint density at radius 1 is 1.41 bits per heavy atom. The summed E-state index contributed by atoms with van der Waals surface area (Å²) in [6.45, 7) is 11.2. The molecule has 0 aromatic carbocycles. The van der Waals surface area contributed by atoms with Gasteiger partial charge in [0.1, 0.15) is 5.76 Å². The van der Waals surface area contributed by atoms with E-state index in [-0.39, 0.29) is 29.0 Å². The van der Waals surface area contributed by atoms with Gasteiger partial charge in [0, 0.05) is 35.5 Å². The molecule has 2 amide bonds. The second-order valence-electron chi connectivity index (χ2n) is 7.97. The third-order valence-electron chi connectivity index (χ3n) is 4.88. The number of fused-ring (bicyclic) bond motifs is 1. The highest BCUT2D eigenvalue weighted by molar-refractivity contribution is 5.88.